The van der Waals surface area contributed by atoms with Gasteiger partial charge in [-0.1, -0.05) is 25.4 Å². The molecule has 0 spiro atoms. The average molecular weight is 311 g/mol. The van der Waals surface area contributed by atoms with Gasteiger partial charge in [-0.3, -0.25) is 0 Å². The van der Waals surface area contributed by atoms with E-state index >= 15 is 0 Å². The number of benzene rings is 1. The number of carbonyl (C=O) groups excluding carboxylic acids is 1. The molecule has 2 amide bonds. The smallest absolute Gasteiger partial charge is 0.337 e. The summed E-state index contributed by atoms with van der Waals surface area (Å²) in [5.41, 5.74) is 0.508. The summed E-state index contributed by atoms with van der Waals surface area (Å²) < 4.78 is 0. The minimum Gasteiger partial charge on any atom is -0.478 e. The highest BCUT2D eigenvalue weighted by molar-refractivity contribution is 6.31. The van der Waals surface area contributed by atoms with Crippen molar-refractivity contribution in [2.75, 3.05) is 18.4 Å². The lowest BCUT2D eigenvalue weighted by molar-refractivity contribution is 0.0698. The number of halogens is 1. The molecule has 0 aliphatic carbocycles. The molecule has 2 N–H and O–H groups in total. The standard InChI is InChI=1S/C15H19ClN2O3/c1-15(2)5-7-18(8-6-15)14(21)17-12-9-10(16)3-4-11(12)13(19)20/h3-4,9H,5-8H2,1-2H3,(H,17,21)(H,19,20). The summed E-state index contributed by atoms with van der Waals surface area (Å²) >= 11 is 5.87. The number of likely N-dealkylation sites (tertiary alicyclic amines) is 1. The molecule has 0 radical (unpaired) electrons. The monoisotopic (exact) mass is 310 g/mol. The van der Waals surface area contributed by atoms with Gasteiger partial charge in [-0.15, -0.1) is 0 Å². The molecular weight excluding hydrogens is 292 g/mol. The van der Waals surface area contributed by atoms with Crippen molar-refractivity contribution in [1.29, 1.82) is 0 Å². The molecule has 21 heavy (non-hydrogen) atoms. The lowest BCUT2D eigenvalue weighted by Gasteiger charge is -2.36. The maximum Gasteiger partial charge on any atom is 0.337 e. The van der Waals surface area contributed by atoms with E-state index in [2.05, 4.69) is 19.2 Å². The van der Waals surface area contributed by atoms with Crippen LogP contribution in [0.1, 0.15) is 37.0 Å². The molecule has 6 heteroatoms. The number of piperidine rings is 1. The first-order valence-electron chi connectivity index (χ1n) is 6.87. The van der Waals surface area contributed by atoms with Crippen molar-refractivity contribution >= 4 is 29.3 Å². The Bertz CT molecular complexity index is 562. The van der Waals surface area contributed by atoms with Gasteiger partial charge >= 0.3 is 12.0 Å². The Morgan fingerprint density at radius 1 is 1.29 bits per heavy atom. The van der Waals surface area contributed by atoms with Crippen LogP contribution in [0.3, 0.4) is 0 Å². The van der Waals surface area contributed by atoms with Gasteiger partial charge < -0.3 is 15.3 Å². The molecule has 1 aliphatic heterocycles. The van der Waals surface area contributed by atoms with Crippen LogP contribution in [0.5, 0.6) is 0 Å². The summed E-state index contributed by atoms with van der Waals surface area (Å²) in [6.07, 6.45) is 1.86. The molecular formula is C15H19ClN2O3. The highest BCUT2D eigenvalue weighted by Gasteiger charge is 2.28. The summed E-state index contributed by atoms with van der Waals surface area (Å²) in [7, 11) is 0. The van der Waals surface area contributed by atoms with Crippen LogP contribution in [0.15, 0.2) is 18.2 Å². The summed E-state index contributed by atoms with van der Waals surface area (Å²) in [6.45, 7) is 5.70. The van der Waals surface area contributed by atoms with Crippen LogP contribution in [0.4, 0.5) is 10.5 Å². The third kappa shape index (κ3) is 3.88. The predicted molar refractivity (Wildman–Crippen MR) is 82.0 cm³/mol. The zero-order valence-corrected chi connectivity index (χ0v) is 12.9. The lowest BCUT2D eigenvalue weighted by Crippen LogP contribution is -2.43. The number of nitrogens with one attached hydrogen (secondary N) is 1. The number of hydrogen-bond acceptors (Lipinski definition) is 2. The number of nitrogens with zero attached hydrogens (tertiary/aromatic N) is 1. The number of anilines is 1. The highest BCUT2D eigenvalue weighted by atomic mass is 35.5. The normalized spacial score (nSPS) is 17.4. The van der Waals surface area contributed by atoms with Crippen LogP contribution in [0.2, 0.25) is 5.02 Å². The topological polar surface area (TPSA) is 69.6 Å². The second-order valence-electron chi connectivity index (χ2n) is 6.08. The number of urea groups is 1. The van der Waals surface area contributed by atoms with Gasteiger partial charge in [0.05, 0.1) is 11.3 Å². The molecule has 0 aromatic heterocycles. The van der Waals surface area contributed by atoms with E-state index < -0.39 is 5.97 Å². The number of aromatic carboxylic acids is 1. The Morgan fingerprint density at radius 2 is 1.90 bits per heavy atom. The molecule has 114 valence electrons. The van der Waals surface area contributed by atoms with E-state index in [1.54, 1.807) is 4.90 Å². The molecule has 5 nitrogen and oxygen atoms in total. The predicted octanol–water partition coefficient (Wildman–Crippen LogP) is 3.69. The quantitative estimate of drug-likeness (QED) is 0.875. The SMILES string of the molecule is CC1(C)CCN(C(=O)Nc2cc(Cl)ccc2C(=O)O)CC1. The van der Waals surface area contributed by atoms with Gasteiger partial charge in [0, 0.05) is 18.1 Å². The van der Waals surface area contributed by atoms with Crippen molar-refractivity contribution in [1.82, 2.24) is 4.90 Å². The Hall–Kier alpha value is -1.75. The van der Waals surface area contributed by atoms with E-state index in [-0.39, 0.29) is 22.7 Å². The molecule has 1 heterocycles. The number of rotatable bonds is 2. The van der Waals surface area contributed by atoms with Crippen LogP contribution in [0, 0.1) is 5.41 Å². The van der Waals surface area contributed by atoms with E-state index in [0.717, 1.165) is 12.8 Å². The number of hydrogen-bond donors (Lipinski definition) is 2. The van der Waals surface area contributed by atoms with Crippen LogP contribution < -0.4 is 5.32 Å². The summed E-state index contributed by atoms with van der Waals surface area (Å²) in [5.74, 6) is -1.10. The number of amides is 2. The fourth-order valence-electron chi connectivity index (χ4n) is 2.32. The molecule has 1 saturated heterocycles. The Labute approximate surface area is 128 Å². The van der Waals surface area contributed by atoms with Crippen molar-refractivity contribution in [3.8, 4) is 0 Å². The van der Waals surface area contributed by atoms with Gasteiger partial charge in [-0.05, 0) is 36.5 Å². The van der Waals surface area contributed by atoms with Crippen molar-refractivity contribution in [2.24, 2.45) is 5.41 Å². The van der Waals surface area contributed by atoms with Gasteiger partial charge in [0.15, 0.2) is 0 Å². The van der Waals surface area contributed by atoms with Crippen molar-refractivity contribution in [3.05, 3.63) is 28.8 Å². The van der Waals surface area contributed by atoms with E-state index in [0.29, 0.717) is 18.1 Å². The minimum atomic E-state index is -1.10. The molecule has 1 aromatic carbocycles. The van der Waals surface area contributed by atoms with E-state index in [1.807, 2.05) is 0 Å². The Morgan fingerprint density at radius 3 is 2.48 bits per heavy atom. The summed E-state index contributed by atoms with van der Waals surface area (Å²) in [6, 6.07) is 4.05. The molecule has 1 aromatic rings. The molecule has 0 unspecified atom stereocenters. The first kappa shape index (κ1) is 15.6. The van der Waals surface area contributed by atoms with Crippen LogP contribution in [0.25, 0.3) is 0 Å². The summed E-state index contributed by atoms with van der Waals surface area (Å²) in [4.78, 5) is 25.1. The average Bonchev–Trinajstić information content (AvgIpc) is 2.38. The fraction of sp³-hybridized carbons (Fsp3) is 0.467. The highest BCUT2D eigenvalue weighted by Crippen LogP contribution is 2.30. The van der Waals surface area contributed by atoms with Gasteiger partial charge in [-0.2, -0.15) is 0 Å². The van der Waals surface area contributed by atoms with E-state index in [4.69, 9.17) is 16.7 Å². The third-order valence-corrected chi connectivity index (χ3v) is 4.09. The largest absolute Gasteiger partial charge is 0.478 e. The number of carboxylic acid groups (broad SMARTS) is 1. The van der Waals surface area contributed by atoms with Crippen LogP contribution in [-0.2, 0) is 0 Å². The maximum absolute atomic E-state index is 12.2. The molecule has 0 atom stereocenters. The van der Waals surface area contributed by atoms with Crippen LogP contribution in [-0.4, -0.2) is 35.1 Å². The zero-order valence-electron chi connectivity index (χ0n) is 12.1. The Balaban J connectivity index is 2.10. The molecule has 0 saturated carbocycles. The first-order chi connectivity index (χ1) is 9.78. The van der Waals surface area contributed by atoms with Gasteiger partial charge in [0.25, 0.3) is 0 Å². The maximum atomic E-state index is 12.2. The lowest BCUT2D eigenvalue weighted by atomic mass is 9.83. The third-order valence-electron chi connectivity index (χ3n) is 3.86. The fourth-order valence-corrected chi connectivity index (χ4v) is 2.49. The second-order valence-corrected chi connectivity index (χ2v) is 6.51. The van der Waals surface area contributed by atoms with Crippen LogP contribution >= 0.6 is 11.6 Å². The molecule has 2 rings (SSSR count). The molecule has 0 bridgehead atoms. The zero-order chi connectivity index (χ0) is 15.6. The van der Waals surface area contributed by atoms with Crippen molar-refractivity contribution in [3.63, 3.8) is 0 Å². The van der Waals surface area contributed by atoms with E-state index in [9.17, 15) is 9.59 Å². The van der Waals surface area contributed by atoms with Gasteiger partial charge in [-0.25, -0.2) is 9.59 Å². The second kappa shape index (κ2) is 5.93. The van der Waals surface area contributed by atoms with Crippen molar-refractivity contribution in [2.45, 2.75) is 26.7 Å². The number of carbonyl (C=O) groups is 2. The van der Waals surface area contributed by atoms with E-state index in [1.165, 1.54) is 18.2 Å². The summed E-state index contributed by atoms with van der Waals surface area (Å²) in [5, 5.41) is 12.2. The molecule has 1 aliphatic rings. The minimum absolute atomic E-state index is 0.0325. The first-order valence-corrected chi connectivity index (χ1v) is 7.25. The van der Waals surface area contributed by atoms with Gasteiger partial charge in [0.1, 0.15) is 0 Å². The van der Waals surface area contributed by atoms with Gasteiger partial charge in [0.2, 0.25) is 0 Å². The molecule has 1 fully saturated rings. The number of carboxylic acids is 1. The van der Waals surface area contributed by atoms with Crippen molar-refractivity contribution < 1.29 is 14.7 Å². The Kier molecular flexibility index (Phi) is 4.42.